The second-order valence-electron chi connectivity index (χ2n) is 9.59. The van der Waals surface area contributed by atoms with Crippen LogP contribution < -0.4 is 10.1 Å². The lowest BCUT2D eigenvalue weighted by molar-refractivity contribution is -0.137. The summed E-state index contributed by atoms with van der Waals surface area (Å²) < 4.78 is 46.0. The van der Waals surface area contributed by atoms with Crippen LogP contribution in [0.5, 0.6) is 5.75 Å². The number of ether oxygens (including phenoxy) is 1. The first-order valence-corrected chi connectivity index (χ1v) is 12.6. The van der Waals surface area contributed by atoms with Crippen molar-refractivity contribution >= 4 is 17.8 Å². The number of anilines is 1. The van der Waals surface area contributed by atoms with E-state index >= 15 is 0 Å². The van der Waals surface area contributed by atoms with E-state index in [0.717, 1.165) is 17.7 Å². The van der Waals surface area contributed by atoms with E-state index in [1.165, 1.54) is 28.7 Å². The number of alkyl halides is 3. The van der Waals surface area contributed by atoms with Crippen LogP contribution in [0, 0.1) is 5.92 Å². The summed E-state index contributed by atoms with van der Waals surface area (Å²) in [6.45, 7) is 3.97. The van der Waals surface area contributed by atoms with Gasteiger partial charge in [0.2, 0.25) is 11.9 Å². The van der Waals surface area contributed by atoms with Gasteiger partial charge in [-0.2, -0.15) is 13.2 Å². The lowest BCUT2D eigenvalue weighted by Gasteiger charge is -2.24. The average molecular weight is 551 g/mol. The molecule has 4 aromatic rings. The van der Waals surface area contributed by atoms with Crippen molar-refractivity contribution in [3.05, 3.63) is 96.2 Å². The zero-order valence-corrected chi connectivity index (χ0v) is 22.3. The van der Waals surface area contributed by atoms with Crippen molar-refractivity contribution in [2.24, 2.45) is 5.92 Å². The van der Waals surface area contributed by atoms with Crippen molar-refractivity contribution in [3.63, 3.8) is 0 Å². The second-order valence-corrected chi connectivity index (χ2v) is 9.59. The number of carbonyl (C=O) groups excluding carboxylic acids is 2. The molecule has 0 saturated carbocycles. The van der Waals surface area contributed by atoms with Crippen LogP contribution in [0.15, 0.2) is 85.1 Å². The van der Waals surface area contributed by atoms with Gasteiger partial charge in [-0.25, -0.2) is 4.98 Å². The number of nitrogens with zero attached hydrogens (tertiary/aromatic N) is 3. The first-order valence-electron chi connectivity index (χ1n) is 12.6. The number of imidazole rings is 1. The predicted octanol–water partition coefficient (Wildman–Crippen LogP) is 6.30. The fourth-order valence-electron chi connectivity index (χ4n) is 4.14. The van der Waals surface area contributed by atoms with Crippen LogP contribution >= 0.6 is 0 Å². The van der Waals surface area contributed by atoms with Crippen LogP contribution in [0.4, 0.5) is 19.1 Å². The number of hydrogen-bond acceptors (Lipinski definition) is 4. The largest absolute Gasteiger partial charge is 0.497 e. The molecule has 0 bridgehead atoms. The first kappa shape index (κ1) is 28.4. The van der Waals surface area contributed by atoms with Gasteiger partial charge in [-0.1, -0.05) is 44.2 Å². The Morgan fingerprint density at radius 3 is 2.20 bits per heavy atom. The SMILES string of the molecule is COc1ccc(C(=O)N(CC(=O)Nc2nc(-c3ccccc3)cn2-c2ccc(C(F)(F)F)cc2)CC(C)C)cc1. The Morgan fingerprint density at radius 1 is 0.975 bits per heavy atom. The highest BCUT2D eigenvalue weighted by Gasteiger charge is 2.30. The summed E-state index contributed by atoms with van der Waals surface area (Å²) >= 11 is 0. The minimum absolute atomic E-state index is 0.0915. The zero-order chi connectivity index (χ0) is 28.9. The van der Waals surface area contributed by atoms with Crippen LogP contribution in [0.2, 0.25) is 0 Å². The third kappa shape index (κ3) is 6.88. The van der Waals surface area contributed by atoms with Crippen LogP contribution in [0.25, 0.3) is 16.9 Å². The van der Waals surface area contributed by atoms with Gasteiger partial charge in [-0.3, -0.25) is 19.5 Å². The normalized spacial score (nSPS) is 11.4. The fraction of sp³-hybridized carbons (Fsp3) is 0.233. The molecular formula is C30H29F3N4O3. The van der Waals surface area contributed by atoms with Gasteiger partial charge in [-0.15, -0.1) is 0 Å². The molecule has 0 fully saturated rings. The molecule has 208 valence electrons. The molecule has 1 heterocycles. The monoisotopic (exact) mass is 550 g/mol. The van der Waals surface area contributed by atoms with E-state index in [4.69, 9.17) is 4.74 Å². The number of nitrogens with one attached hydrogen (secondary N) is 1. The number of carbonyl (C=O) groups is 2. The molecule has 0 aliphatic rings. The van der Waals surface area contributed by atoms with Crippen molar-refractivity contribution in [1.82, 2.24) is 14.5 Å². The molecule has 1 N–H and O–H groups in total. The highest BCUT2D eigenvalue weighted by Crippen LogP contribution is 2.31. The number of halogens is 3. The molecule has 0 atom stereocenters. The molecule has 0 radical (unpaired) electrons. The molecule has 40 heavy (non-hydrogen) atoms. The summed E-state index contributed by atoms with van der Waals surface area (Å²) in [4.78, 5) is 32.5. The molecule has 0 aliphatic heterocycles. The van der Waals surface area contributed by atoms with E-state index in [2.05, 4.69) is 10.3 Å². The number of hydrogen-bond donors (Lipinski definition) is 1. The summed E-state index contributed by atoms with van der Waals surface area (Å²) in [5.74, 6) is -0.00344. The second kappa shape index (κ2) is 12.1. The van der Waals surface area contributed by atoms with Gasteiger partial charge in [0.05, 0.1) is 18.4 Å². The van der Waals surface area contributed by atoms with E-state index in [1.54, 1.807) is 30.5 Å². The molecule has 10 heteroatoms. The van der Waals surface area contributed by atoms with Crippen LogP contribution in [-0.2, 0) is 11.0 Å². The topological polar surface area (TPSA) is 76.5 Å². The highest BCUT2D eigenvalue weighted by atomic mass is 19.4. The molecule has 4 rings (SSSR count). The van der Waals surface area contributed by atoms with Crippen LogP contribution in [-0.4, -0.2) is 46.5 Å². The summed E-state index contributed by atoms with van der Waals surface area (Å²) in [7, 11) is 1.53. The molecule has 0 aliphatic carbocycles. The number of rotatable bonds is 9. The molecule has 0 saturated heterocycles. The minimum atomic E-state index is -4.48. The van der Waals surface area contributed by atoms with E-state index in [-0.39, 0.29) is 24.3 Å². The summed E-state index contributed by atoms with van der Waals surface area (Å²) in [5.41, 5.74) is 1.29. The van der Waals surface area contributed by atoms with E-state index in [1.807, 2.05) is 44.2 Å². The minimum Gasteiger partial charge on any atom is -0.497 e. The Bertz CT molecular complexity index is 1450. The van der Waals surface area contributed by atoms with E-state index in [9.17, 15) is 22.8 Å². The number of methoxy groups -OCH3 is 1. The molecule has 3 aromatic carbocycles. The Labute approximate surface area is 230 Å². The Morgan fingerprint density at radius 2 is 1.62 bits per heavy atom. The Hall–Kier alpha value is -4.60. The van der Waals surface area contributed by atoms with Crippen LogP contribution in [0.3, 0.4) is 0 Å². The van der Waals surface area contributed by atoms with Gasteiger partial charge in [-0.05, 0) is 54.4 Å². The van der Waals surface area contributed by atoms with Crippen molar-refractivity contribution < 1.29 is 27.5 Å². The zero-order valence-electron chi connectivity index (χ0n) is 22.3. The van der Waals surface area contributed by atoms with E-state index < -0.39 is 17.6 Å². The number of benzene rings is 3. The van der Waals surface area contributed by atoms with E-state index in [0.29, 0.717) is 29.2 Å². The van der Waals surface area contributed by atoms with Crippen molar-refractivity contribution in [3.8, 4) is 22.7 Å². The maximum Gasteiger partial charge on any atom is 0.416 e. The third-order valence-electron chi connectivity index (χ3n) is 6.04. The molecule has 2 amide bonds. The lowest BCUT2D eigenvalue weighted by Crippen LogP contribution is -2.40. The van der Waals surface area contributed by atoms with Crippen molar-refractivity contribution in [2.75, 3.05) is 25.5 Å². The van der Waals surface area contributed by atoms with Gasteiger partial charge in [0.15, 0.2) is 0 Å². The predicted molar refractivity (Wildman–Crippen MR) is 146 cm³/mol. The van der Waals surface area contributed by atoms with Crippen molar-refractivity contribution in [2.45, 2.75) is 20.0 Å². The Balaban J connectivity index is 1.62. The molecule has 0 spiro atoms. The molecule has 0 unspecified atom stereocenters. The fourth-order valence-corrected chi connectivity index (χ4v) is 4.14. The maximum absolute atomic E-state index is 13.3. The third-order valence-corrected chi connectivity index (χ3v) is 6.04. The molecule has 7 nitrogen and oxygen atoms in total. The van der Waals surface area contributed by atoms with Gasteiger partial charge in [0.1, 0.15) is 12.3 Å². The summed E-state index contributed by atoms with van der Waals surface area (Å²) in [6, 6.07) is 20.4. The van der Waals surface area contributed by atoms with Gasteiger partial charge in [0, 0.05) is 29.6 Å². The highest BCUT2D eigenvalue weighted by molar-refractivity contribution is 5.99. The van der Waals surface area contributed by atoms with Gasteiger partial charge < -0.3 is 9.64 Å². The first-order chi connectivity index (χ1) is 19.0. The summed E-state index contributed by atoms with van der Waals surface area (Å²) in [6.07, 6.45) is -2.84. The van der Waals surface area contributed by atoms with Gasteiger partial charge >= 0.3 is 6.18 Å². The average Bonchev–Trinajstić information content (AvgIpc) is 3.35. The summed E-state index contributed by atoms with van der Waals surface area (Å²) in [5, 5.41) is 2.75. The quantitative estimate of drug-likeness (QED) is 0.265. The number of amides is 2. The van der Waals surface area contributed by atoms with Crippen LogP contribution in [0.1, 0.15) is 29.8 Å². The molecule has 1 aromatic heterocycles. The smallest absolute Gasteiger partial charge is 0.416 e. The Kier molecular flexibility index (Phi) is 8.57. The lowest BCUT2D eigenvalue weighted by atomic mass is 10.1. The molecular weight excluding hydrogens is 521 g/mol. The van der Waals surface area contributed by atoms with Gasteiger partial charge in [0.25, 0.3) is 5.91 Å². The number of aromatic nitrogens is 2. The standard InChI is InChI=1S/C30H29F3N4O3/c1-20(2)17-36(28(39)22-9-15-25(40-3)16-10-22)19-27(38)35-29-34-26(21-7-5-4-6-8-21)18-37(29)24-13-11-23(12-14-24)30(31,32)33/h4-16,18,20H,17,19H2,1-3H3,(H,34,35,38). The van der Waals surface area contributed by atoms with Crippen molar-refractivity contribution in [1.29, 1.82) is 0 Å². The maximum atomic E-state index is 13.3.